The number of hydrogen-bond donors (Lipinski definition) is 1. The van der Waals surface area contributed by atoms with E-state index in [1.54, 1.807) is 0 Å². The third-order valence-electron chi connectivity index (χ3n) is 7.02. The lowest BCUT2D eigenvalue weighted by Crippen LogP contribution is -2.47. The zero-order valence-electron chi connectivity index (χ0n) is 13.2. The molecule has 0 amide bonds. The monoisotopic (exact) mass is 281 g/mol. The lowest BCUT2D eigenvalue weighted by atomic mass is 9.69. The number of nitrogens with one attached hydrogen (secondary N) is 1. The predicted octanol–water partition coefficient (Wildman–Crippen LogP) is 4.47. The third kappa shape index (κ3) is 2.18. The van der Waals surface area contributed by atoms with Crippen LogP contribution in [0.4, 0.5) is 0 Å². The largest absolute Gasteiger partial charge is 0.311 e. The van der Waals surface area contributed by atoms with E-state index in [0.717, 1.165) is 23.3 Å². The van der Waals surface area contributed by atoms with Gasteiger partial charge in [-0.05, 0) is 61.0 Å². The molecule has 0 aromatic rings. The molecule has 5 atom stereocenters. The molecule has 0 radical (unpaired) electrons. The Morgan fingerprint density at radius 3 is 2.47 bits per heavy atom. The molecule has 110 valence electrons. The molecule has 1 nitrogen and oxygen atoms in total. The molecule has 3 aliphatic carbocycles. The van der Waals surface area contributed by atoms with Gasteiger partial charge in [0, 0.05) is 17.3 Å². The SMILES string of the molecule is CCSC1CCC(NC2CC3CCC2(C)C3(C)C)C1. The highest BCUT2D eigenvalue weighted by Crippen LogP contribution is 2.65. The Hall–Kier alpha value is 0.310. The molecule has 3 fully saturated rings. The first-order valence-corrected chi connectivity index (χ1v) is 9.40. The summed E-state index contributed by atoms with van der Waals surface area (Å²) < 4.78 is 0. The first-order valence-electron chi connectivity index (χ1n) is 8.35. The van der Waals surface area contributed by atoms with Crippen molar-refractivity contribution >= 4 is 11.8 Å². The first-order chi connectivity index (χ1) is 8.97. The van der Waals surface area contributed by atoms with Crippen LogP contribution in [0, 0.1) is 16.7 Å². The molecule has 0 aromatic heterocycles. The fourth-order valence-electron chi connectivity index (χ4n) is 5.22. The minimum atomic E-state index is 0.549. The topological polar surface area (TPSA) is 12.0 Å². The van der Waals surface area contributed by atoms with Crippen LogP contribution in [-0.4, -0.2) is 23.1 Å². The van der Waals surface area contributed by atoms with Gasteiger partial charge in [0.25, 0.3) is 0 Å². The lowest BCUT2D eigenvalue weighted by molar-refractivity contribution is 0.115. The summed E-state index contributed by atoms with van der Waals surface area (Å²) in [6, 6.07) is 1.60. The van der Waals surface area contributed by atoms with Gasteiger partial charge in [0.05, 0.1) is 0 Å². The van der Waals surface area contributed by atoms with Crippen molar-refractivity contribution < 1.29 is 0 Å². The Kier molecular flexibility index (Phi) is 3.71. The zero-order valence-corrected chi connectivity index (χ0v) is 14.0. The van der Waals surface area contributed by atoms with Gasteiger partial charge in [0.1, 0.15) is 0 Å². The minimum Gasteiger partial charge on any atom is -0.311 e. The fourth-order valence-corrected chi connectivity index (χ4v) is 6.36. The van der Waals surface area contributed by atoms with Gasteiger partial charge in [-0.3, -0.25) is 0 Å². The van der Waals surface area contributed by atoms with Crippen molar-refractivity contribution in [3.05, 3.63) is 0 Å². The molecular weight excluding hydrogens is 250 g/mol. The molecule has 0 aromatic carbocycles. The van der Waals surface area contributed by atoms with Gasteiger partial charge in [-0.1, -0.05) is 27.7 Å². The molecule has 2 bridgehead atoms. The van der Waals surface area contributed by atoms with Gasteiger partial charge in [-0.15, -0.1) is 0 Å². The minimum absolute atomic E-state index is 0.549. The second-order valence-electron chi connectivity index (χ2n) is 7.92. The molecule has 0 saturated heterocycles. The van der Waals surface area contributed by atoms with Crippen LogP contribution in [0.1, 0.15) is 66.2 Å². The van der Waals surface area contributed by atoms with Gasteiger partial charge in [0.2, 0.25) is 0 Å². The van der Waals surface area contributed by atoms with Crippen molar-refractivity contribution in [2.75, 3.05) is 5.75 Å². The molecule has 3 rings (SSSR count). The van der Waals surface area contributed by atoms with E-state index in [-0.39, 0.29) is 0 Å². The fraction of sp³-hybridized carbons (Fsp3) is 1.00. The maximum Gasteiger partial charge on any atom is 0.0131 e. The number of fused-ring (bicyclic) bond motifs is 2. The lowest BCUT2D eigenvalue weighted by Gasteiger charge is -2.40. The summed E-state index contributed by atoms with van der Waals surface area (Å²) in [5.41, 5.74) is 1.11. The molecule has 5 unspecified atom stereocenters. The highest BCUT2D eigenvalue weighted by Gasteiger charge is 2.61. The number of hydrogen-bond acceptors (Lipinski definition) is 2. The van der Waals surface area contributed by atoms with Crippen LogP contribution in [0.5, 0.6) is 0 Å². The predicted molar refractivity (Wildman–Crippen MR) is 85.7 cm³/mol. The average molecular weight is 282 g/mol. The molecule has 19 heavy (non-hydrogen) atoms. The van der Waals surface area contributed by atoms with E-state index in [1.807, 2.05) is 0 Å². The zero-order chi connectivity index (χ0) is 13.7. The Bertz CT molecular complexity index is 340. The van der Waals surface area contributed by atoms with Gasteiger partial charge >= 0.3 is 0 Å². The van der Waals surface area contributed by atoms with Crippen LogP contribution in [0.15, 0.2) is 0 Å². The molecule has 2 heteroatoms. The Morgan fingerprint density at radius 1 is 1.11 bits per heavy atom. The van der Waals surface area contributed by atoms with Gasteiger partial charge in [0.15, 0.2) is 0 Å². The van der Waals surface area contributed by atoms with E-state index >= 15 is 0 Å². The van der Waals surface area contributed by atoms with Crippen LogP contribution in [0.25, 0.3) is 0 Å². The standard InChI is InChI=1S/C17H31NS/c1-5-19-14-7-6-13(11-14)18-15-10-12-8-9-17(15,4)16(12,2)3/h12-15,18H,5-11H2,1-4H3. The summed E-state index contributed by atoms with van der Waals surface area (Å²) in [4.78, 5) is 0. The van der Waals surface area contributed by atoms with Gasteiger partial charge in [-0.25, -0.2) is 0 Å². The van der Waals surface area contributed by atoms with E-state index in [0.29, 0.717) is 10.8 Å². The number of thioether (sulfide) groups is 1. The van der Waals surface area contributed by atoms with Crippen LogP contribution in [0.3, 0.4) is 0 Å². The van der Waals surface area contributed by atoms with Crippen LogP contribution in [0.2, 0.25) is 0 Å². The molecule has 1 N–H and O–H groups in total. The summed E-state index contributed by atoms with van der Waals surface area (Å²) in [6.45, 7) is 9.91. The van der Waals surface area contributed by atoms with Crippen LogP contribution < -0.4 is 5.32 Å². The molecular formula is C17H31NS. The molecule has 0 aliphatic heterocycles. The summed E-state index contributed by atoms with van der Waals surface area (Å²) in [5, 5.41) is 5.01. The van der Waals surface area contributed by atoms with Crippen LogP contribution in [-0.2, 0) is 0 Å². The highest BCUT2D eigenvalue weighted by atomic mass is 32.2. The third-order valence-corrected chi connectivity index (χ3v) is 8.25. The Labute approximate surface area is 123 Å². The Morgan fingerprint density at radius 2 is 1.89 bits per heavy atom. The van der Waals surface area contributed by atoms with E-state index in [9.17, 15) is 0 Å². The summed E-state index contributed by atoms with van der Waals surface area (Å²) in [6.07, 6.45) is 8.62. The summed E-state index contributed by atoms with van der Waals surface area (Å²) in [7, 11) is 0. The maximum absolute atomic E-state index is 4.08. The second kappa shape index (κ2) is 4.94. The van der Waals surface area contributed by atoms with E-state index in [1.165, 1.54) is 44.3 Å². The summed E-state index contributed by atoms with van der Waals surface area (Å²) >= 11 is 2.17. The van der Waals surface area contributed by atoms with Crippen molar-refractivity contribution in [1.29, 1.82) is 0 Å². The molecule has 3 saturated carbocycles. The molecule has 0 spiro atoms. The number of rotatable bonds is 4. The highest BCUT2D eigenvalue weighted by molar-refractivity contribution is 7.99. The van der Waals surface area contributed by atoms with Crippen molar-refractivity contribution in [2.45, 2.75) is 83.6 Å². The maximum atomic E-state index is 4.08. The van der Waals surface area contributed by atoms with Gasteiger partial charge in [-0.2, -0.15) is 11.8 Å². The van der Waals surface area contributed by atoms with Crippen molar-refractivity contribution in [2.24, 2.45) is 16.7 Å². The van der Waals surface area contributed by atoms with E-state index < -0.39 is 0 Å². The quantitative estimate of drug-likeness (QED) is 0.816. The van der Waals surface area contributed by atoms with Gasteiger partial charge < -0.3 is 5.32 Å². The van der Waals surface area contributed by atoms with E-state index in [2.05, 4.69) is 44.8 Å². The van der Waals surface area contributed by atoms with Crippen LogP contribution >= 0.6 is 11.8 Å². The van der Waals surface area contributed by atoms with E-state index in [4.69, 9.17) is 0 Å². The Balaban J connectivity index is 1.61. The molecule has 0 heterocycles. The smallest absolute Gasteiger partial charge is 0.0131 e. The van der Waals surface area contributed by atoms with Crippen molar-refractivity contribution in [1.82, 2.24) is 5.32 Å². The summed E-state index contributed by atoms with van der Waals surface area (Å²) in [5.74, 6) is 2.25. The first kappa shape index (κ1) is 14.3. The van der Waals surface area contributed by atoms with Crippen molar-refractivity contribution in [3.63, 3.8) is 0 Å². The average Bonchev–Trinajstić information content (AvgIpc) is 2.92. The normalized spacial score (nSPS) is 48.0. The van der Waals surface area contributed by atoms with Crippen molar-refractivity contribution in [3.8, 4) is 0 Å². The molecule has 3 aliphatic rings. The second-order valence-corrected chi connectivity index (χ2v) is 9.49.